The third-order valence-electron chi connectivity index (χ3n) is 4.26. The molecule has 1 heterocycles. The van der Waals surface area contributed by atoms with E-state index in [1.165, 1.54) is 25.7 Å². The van der Waals surface area contributed by atoms with E-state index in [-0.39, 0.29) is 5.54 Å². The number of ether oxygens (including phenoxy) is 1. The summed E-state index contributed by atoms with van der Waals surface area (Å²) in [5.74, 6) is 1.40. The molecular weight excluding hydrogens is 202 g/mol. The summed E-state index contributed by atoms with van der Waals surface area (Å²) in [7, 11) is 1.74. The Bertz CT molecular complexity index is 279. The van der Waals surface area contributed by atoms with Crippen LogP contribution in [0, 0.1) is 5.92 Å². The van der Waals surface area contributed by atoms with Crippen LogP contribution in [0.3, 0.4) is 0 Å². The predicted octanol–water partition coefficient (Wildman–Crippen LogP) is 1.21. The number of hydrogen-bond acceptors (Lipinski definition) is 4. The topological polar surface area (TPSA) is 50.9 Å². The smallest absolute Gasteiger partial charge is 0.191 e. The van der Waals surface area contributed by atoms with Crippen molar-refractivity contribution < 1.29 is 4.74 Å². The lowest BCUT2D eigenvalue weighted by molar-refractivity contribution is 0.0612. The molecule has 0 aromatic heterocycles. The first kappa shape index (κ1) is 11.7. The normalized spacial score (nSPS) is 34.5. The van der Waals surface area contributed by atoms with Crippen molar-refractivity contribution in [1.82, 2.24) is 4.90 Å². The minimum Gasteiger partial charge on any atom is -0.383 e. The SMILES string of the molecule is COCCN1C(N)=NCC12CCCCC2C. The summed E-state index contributed by atoms with van der Waals surface area (Å²) in [5.41, 5.74) is 6.20. The van der Waals surface area contributed by atoms with E-state index in [0.29, 0.717) is 11.9 Å². The molecule has 2 unspecified atom stereocenters. The second-order valence-electron chi connectivity index (χ2n) is 5.07. The van der Waals surface area contributed by atoms with Crippen LogP contribution in [0.2, 0.25) is 0 Å². The zero-order chi connectivity index (χ0) is 11.6. The molecule has 1 fully saturated rings. The second-order valence-corrected chi connectivity index (χ2v) is 5.07. The Kier molecular flexibility index (Phi) is 3.38. The van der Waals surface area contributed by atoms with Gasteiger partial charge in [-0.2, -0.15) is 0 Å². The van der Waals surface area contributed by atoms with E-state index >= 15 is 0 Å². The molecule has 92 valence electrons. The lowest BCUT2D eigenvalue weighted by atomic mass is 9.73. The maximum absolute atomic E-state index is 6.01. The molecule has 16 heavy (non-hydrogen) atoms. The maximum atomic E-state index is 6.01. The third kappa shape index (κ3) is 1.79. The summed E-state index contributed by atoms with van der Waals surface area (Å²) >= 11 is 0. The molecule has 0 saturated heterocycles. The van der Waals surface area contributed by atoms with Crippen molar-refractivity contribution in [3.8, 4) is 0 Å². The highest BCUT2D eigenvalue weighted by molar-refractivity contribution is 5.81. The van der Waals surface area contributed by atoms with Gasteiger partial charge in [0, 0.05) is 13.7 Å². The maximum Gasteiger partial charge on any atom is 0.191 e. The average Bonchev–Trinajstić information content (AvgIpc) is 2.59. The molecule has 1 aliphatic carbocycles. The Morgan fingerprint density at radius 3 is 3.06 bits per heavy atom. The molecule has 2 aliphatic rings. The Labute approximate surface area is 97.9 Å². The number of aliphatic imine (C=N–C) groups is 1. The summed E-state index contributed by atoms with van der Waals surface area (Å²) in [5, 5.41) is 0. The highest BCUT2D eigenvalue weighted by atomic mass is 16.5. The largest absolute Gasteiger partial charge is 0.383 e. The van der Waals surface area contributed by atoms with Crippen molar-refractivity contribution in [3.05, 3.63) is 0 Å². The molecular formula is C12H23N3O. The lowest BCUT2D eigenvalue weighted by Gasteiger charge is -2.46. The molecule has 2 N–H and O–H groups in total. The molecule has 2 rings (SSSR count). The van der Waals surface area contributed by atoms with E-state index < -0.39 is 0 Å². The highest BCUT2D eigenvalue weighted by Gasteiger charge is 2.46. The molecule has 2 atom stereocenters. The Hall–Kier alpha value is -0.770. The number of methoxy groups -OCH3 is 1. The van der Waals surface area contributed by atoms with E-state index in [1.807, 2.05) is 0 Å². The zero-order valence-electron chi connectivity index (χ0n) is 10.4. The summed E-state index contributed by atoms with van der Waals surface area (Å²) in [4.78, 5) is 6.75. The number of guanidine groups is 1. The van der Waals surface area contributed by atoms with Crippen LogP contribution in [-0.4, -0.2) is 43.2 Å². The van der Waals surface area contributed by atoms with E-state index in [4.69, 9.17) is 10.5 Å². The monoisotopic (exact) mass is 225 g/mol. The fourth-order valence-electron chi connectivity index (χ4n) is 3.17. The van der Waals surface area contributed by atoms with Gasteiger partial charge in [0.1, 0.15) is 0 Å². The highest BCUT2D eigenvalue weighted by Crippen LogP contribution is 2.40. The van der Waals surface area contributed by atoms with Crippen LogP contribution in [0.1, 0.15) is 32.6 Å². The van der Waals surface area contributed by atoms with Gasteiger partial charge in [0.05, 0.1) is 18.7 Å². The standard InChI is InChI=1S/C12H23N3O/c1-10-5-3-4-6-12(10)9-14-11(13)15(12)7-8-16-2/h10H,3-9H2,1-2H3,(H2,13,14). The predicted molar refractivity (Wildman–Crippen MR) is 65.4 cm³/mol. The van der Waals surface area contributed by atoms with E-state index in [0.717, 1.165) is 19.7 Å². The first-order chi connectivity index (χ1) is 7.70. The van der Waals surface area contributed by atoms with Gasteiger partial charge in [0.25, 0.3) is 0 Å². The van der Waals surface area contributed by atoms with Crippen molar-refractivity contribution in [2.45, 2.75) is 38.1 Å². The van der Waals surface area contributed by atoms with Crippen LogP contribution in [0.4, 0.5) is 0 Å². The molecule has 0 aromatic rings. The number of hydrogen-bond donors (Lipinski definition) is 1. The van der Waals surface area contributed by atoms with Crippen LogP contribution in [0.15, 0.2) is 4.99 Å². The van der Waals surface area contributed by atoms with Crippen molar-refractivity contribution >= 4 is 5.96 Å². The lowest BCUT2D eigenvalue weighted by Crippen LogP contribution is -2.57. The second kappa shape index (κ2) is 4.62. The minimum absolute atomic E-state index is 0.195. The van der Waals surface area contributed by atoms with Crippen LogP contribution >= 0.6 is 0 Å². The Morgan fingerprint density at radius 2 is 2.38 bits per heavy atom. The summed E-state index contributed by atoms with van der Waals surface area (Å²) < 4.78 is 5.17. The van der Waals surface area contributed by atoms with Gasteiger partial charge in [-0.1, -0.05) is 19.8 Å². The number of rotatable bonds is 3. The molecule has 1 aliphatic heterocycles. The van der Waals surface area contributed by atoms with Gasteiger partial charge in [0.2, 0.25) is 0 Å². The van der Waals surface area contributed by atoms with Crippen molar-refractivity contribution in [1.29, 1.82) is 0 Å². The fourth-order valence-corrected chi connectivity index (χ4v) is 3.17. The first-order valence-corrected chi connectivity index (χ1v) is 6.27. The quantitative estimate of drug-likeness (QED) is 0.785. The molecule has 0 aromatic carbocycles. The van der Waals surface area contributed by atoms with Gasteiger partial charge in [-0.15, -0.1) is 0 Å². The zero-order valence-corrected chi connectivity index (χ0v) is 10.4. The van der Waals surface area contributed by atoms with Gasteiger partial charge >= 0.3 is 0 Å². The minimum atomic E-state index is 0.195. The van der Waals surface area contributed by atoms with Gasteiger partial charge < -0.3 is 15.4 Å². The van der Waals surface area contributed by atoms with E-state index in [1.54, 1.807) is 7.11 Å². The van der Waals surface area contributed by atoms with Gasteiger partial charge in [0.15, 0.2) is 5.96 Å². The first-order valence-electron chi connectivity index (χ1n) is 6.27. The molecule has 0 bridgehead atoms. The summed E-state index contributed by atoms with van der Waals surface area (Å²) in [6, 6.07) is 0. The number of nitrogens with two attached hydrogens (primary N) is 1. The van der Waals surface area contributed by atoms with Crippen LogP contribution < -0.4 is 5.73 Å². The van der Waals surface area contributed by atoms with Crippen LogP contribution in [0.5, 0.6) is 0 Å². The van der Waals surface area contributed by atoms with Crippen molar-refractivity contribution in [2.75, 3.05) is 26.8 Å². The fraction of sp³-hybridized carbons (Fsp3) is 0.917. The van der Waals surface area contributed by atoms with Crippen molar-refractivity contribution in [2.24, 2.45) is 16.6 Å². The Morgan fingerprint density at radius 1 is 1.56 bits per heavy atom. The Balaban J connectivity index is 2.12. The van der Waals surface area contributed by atoms with Gasteiger partial charge in [-0.05, 0) is 18.8 Å². The van der Waals surface area contributed by atoms with Crippen LogP contribution in [0.25, 0.3) is 0 Å². The molecule has 4 nitrogen and oxygen atoms in total. The summed E-state index contributed by atoms with van der Waals surface area (Å²) in [6.45, 7) is 4.82. The molecule has 4 heteroatoms. The van der Waals surface area contributed by atoms with Crippen LogP contribution in [-0.2, 0) is 4.74 Å². The van der Waals surface area contributed by atoms with Gasteiger partial charge in [-0.25, -0.2) is 0 Å². The van der Waals surface area contributed by atoms with Crippen molar-refractivity contribution in [3.63, 3.8) is 0 Å². The molecule has 1 saturated carbocycles. The molecule has 1 spiro atoms. The third-order valence-corrected chi connectivity index (χ3v) is 4.26. The number of nitrogens with zero attached hydrogens (tertiary/aromatic N) is 2. The summed E-state index contributed by atoms with van der Waals surface area (Å²) in [6.07, 6.45) is 5.17. The molecule has 0 radical (unpaired) electrons. The van der Waals surface area contributed by atoms with E-state index in [2.05, 4.69) is 16.8 Å². The van der Waals surface area contributed by atoms with E-state index in [9.17, 15) is 0 Å². The molecule has 0 amide bonds. The van der Waals surface area contributed by atoms with Gasteiger partial charge in [-0.3, -0.25) is 4.99 Å². The average molecular weight is 225 g/mol.